The van der Waals surface area contributed by atoms with Crippen LogP contribution in [-0.2, 0) is 15.8 Å². The van der Waals surface area contributed by atoms with Crippen molar-refractivity contribution in [3.05, 3.63) is 89.1 Å². The number of anilines is 1. The highest BCUT2D eigenvalue weighted by molar-refractivity contribution is 6.08. The van der Waals surface area contributed by atoms with E-state index in [9.17, 15) is 22.8 Å². The zero-order valence-corrected chi connectivity index (χ0v) is 17.2. The maximum Gasteiger partial charge on any atom is 0.416 e. The molecule has 0 N–H and O–H groups in total. The summed E-state index contributed by atoms with van der Waals surface area (Å²) in [6.45, 7) is 0. The Morgan fingerprint density at radius 1 is 0.844 bits per heavy atom. The number of hydrogen-bond donors (Lipinski definition) is 0. The Kier molecular flexibility index (Phi) is 4.88. The number of nitrogens with zero attached hydrogens (tertiary/aromatic N) is 1. The van der Waals surface area contributed by atoms with Crippen molar-refractivity contribution in [2.45, 2.75) is 37.8 Å². The highest BCUT2D eigenvalue weighted by Gasteiger charge is 2.40. The van der Waals surface area contributed by atoms with Crippen molar-refractivity contribution >= 4 is 28.2 Å². The number of fused-ring (bicyclic) bond motifs is 1. The molecule has 1 aliphatic heterocycles. The second-order valence-electron chi connectivity index (χ2n) is 8.24. The minimum absolute atomic E-state index is 0.00796. The molecule has 2 aliphatic rings. The smallest absolute Gasteiger partial charge is 0.294 e. The molecule has 32 heavy (non-hydrogen) atoms. The first-order valence-electron chi connectivity index (χ1n) is 10.6. The lowest BCUT2D eigenvalue weighted by Crippen LogP contribution is -2.40. The van der Waals surface area contributed by atoms with Crippen molar-refractivity contribution in [2.75, 3.05) is 4.90 Å². The molecule has 162 valence electrons. The molecule has 3 nitrogen and oxygen atoms in total. The average molecular weight is 435 g/mol. The van der Waals surface area contributed by atoms with E-state index in [-0.39, 0.29) is 24.0 Å². The second kappa shape index (κ2) is 7.62. The van der Waals surface area contributed by atoms with Gasteiger partial charge in [0.1, 0.15) is 0 Å². The van der Waals surface area contributed by atoms with Crippen LogP contribution in [0.5, 0.6) is 0 Å². The van der Waals surface area contributed by atoms with Crippen molar-refractivity contribution in [1.29, 1.82) is 0 Å². The molecule has 0 aromatic heterocycles. The molecular weight excluding hydrogens is 415 g/mol. The summed E-state index contributed by atoms with van der Waals surface area (Å²) >= 11 is 0. The van der Waals surface area contributed by atoms with Crippen molar-refractivity contribution in [3.63, 3.8) is 0 Å². The summed E-state index contributed by atoms with van der Waals surface area (Å²) in [7, 11) is 0. The quantitative estimate of drug-likeness (QED) is 0.468. The summed E-state index contributed by atoms with van der Waals surface area (Å²) in [5.41, 5.74) is 1.77. The number of ketones is 1. The Morgan fingerprint density at radius 3 is 2.31 bits per heavy atom. The molecule has 1 aliphatic carbocycles. The zero-order valence-electron chi connectivity index (χ0n) is 17.2. The lowest BCUT2D eigenvalue weighted by atomic mass is 9.76. The molecule has 0 bridgehead atoms. The molecule has 0 radical (unpaired) electrons. The van der Waals surface area contributed by atoms with Gasteiger partial charge in [-0.1, -0.05) is 42.5 Å². The predicted octanol–water partition coefficient (Wildman–Crippen LogP) is 6.39. The molecule has 0 saturated carbocycles. The fraction of sp³-hybridized carbons (Fsp3) is 0.231. The van der Waals surface area contributed by atoms with Crippen LogP contribution in [0.3, 0.4) is 0 Å². The van der Waals surface area contributed by atoms with Crippen LogP contribution in [0.4, 0.5) is 18.9 Å². The third-order valence-electron chi connectivity index (χ3n) is 6.33. The van der Waals surface area contributed by atoms with Crippen LogP contribution in [0.15, 0.2) is 78.0 Å². The number of amides is 1. The van der Waals surface area contributed by atoms with Gasteiger partial charge in [0.25, 0.3) is 0 Å². The molecule has 6 heteroatoms. The summed E-state index contributed by atoms with van der Waals surface area (Å²) in [5, 5.41) is 2.04. The van der Waals surface area contributed by atoms with Gasteiger partial charge in [-0.05, 0) is 53.4 Å². The Morgan fingerprint density at radius 2 is 1.56 bits per heavy atom. The Hall–Kier alpha value is -3.41. The van der Waals surface area contributed by atoms with E-state index in [0.717, 1.165) is 28.5 Å². The topological polar surface area (TPSA) is 37.4 Å². The molecule has 3 aromatic rings. The molecule has 5 rings (SSSR count). The minimum atomic E-state index is -4.45. The predicted molar refractivity (Wildman–Crippen MR) is 116 cm³/mol. The van der Waals surface area contributed by atoms with Gasteiger partial charge < -0.3 is 0 Å². The van der Waals surface area contributed by atoms with E-state index in [1.54, 1.807) is 0 Å². The second-order valence-corrected chi connectivity index (χ2v) is 8.24. The molecule has 0 saturated heterocycles. The third-order valence-corrected chi connectivity index (χ3v) is 6.33. The van der Waals surface area contributed by atoms with Crippen LogP contribution in [0.25, 0.3) is 10.8 Å². The first-order valence-corrected chi connectivity index (χ1v) is 10.6. The van der Waals surface area contributed by atoms with E-state index >= 15 is 0 Å². The monoisotopic (exact) mass is 435 g/mol. The van der Waals surface area contributed by atoms with E-state index in [1.165, 1.54) is 17.0 Å². The van der Waals surface area contributed by atoms with Gasteiger partial charge in [0, 0.05) is 35.7 Å². The van der Waals surface area contributed by atoms with Crippen LogP contribution < -0.4 is 4.90 Å². The van der Waals surface area contributed by atoms with Gasteiger partial charge in [-0.15, -0.1) is 0 Å². The number of rotatable bonds is 2. The Bertz CT molecular complexity index is 1250. The van der Waals surface area contributed by atoms with E-state index in [1.807, 2.05) is 42.5 Å². The molecule has 1 heterocycles. The molecule has 0 fully saturated rings. The van der Waals surface area contributed by atoms with Gasteiger partial charge in [0.2, 0.25) is 5.91 Å². The number of hydrogen-bond acceptors (Lipinski definition) is 2. The number of alkyl halides is 3. The number of Topliss-reactive ketones (excluding diaryl/α,β-unsaturated/α-hetero) is 1. The van der Waals surface area contributed by atoms with Gasteiger partial charge in [-0.3, -0.25) is 14.5 Å². The fourth-order valence-corrected chi connectivity index (χ4v) is 4.91. The van der Waals surface area contributed by atoms with Crippen LogP contribution in [0.1, 0.15) is 42.7 Å². The summed E-state index contributed by atoms with van der Waals surface area (Å²) in [6, 6.07) is 18.3. The minimum Gasteiger partial charge on any atom is -0.294 e. The standard InChI is InChI=1S/C26H20F3NO2/c27-26(28,29)17-11-13-18(14-12-17)30-22-9-4-10-23(31)25(22)21(15-24(30)32)20-8-3-6-16-5-1-2-7-19(16)20/h1-3,5-8,11-14,21H,4,9-10,15H2. The number of carbonyl (C=O) groups is 2. The van der Waals surface area contributed by atoms with E-state index in [4.69, 9.17) is 0 Å². The van der Waals surface area contributed by atoms with E-state index in [2.05, 4.69) is 0 Å². The average Bonchev–Trinajstić information content (AvgIpc) is 2.78. The Balaban J connectivity index is 1.64. The molecule has 3 aromatic carbocycles. The van der Waals surface area contributed by atoms with Gasteiger partial charge in [0.05, 0.1) is 5.56 Å². The molecular formula is C26H20F3NO2. The lowest BCUT2D eigenvalue weighted by molar-refractivity contribution is -0.137. The molecule has 1 unspecified atom stereocenters. The molecule has 1 atom stereocenters. The SMILES string of the molecule is O=C1CCCC2=C1C(c1cccc3ccccc13)CC(=O)N2c1ccc(C(F)(F)F)cc1. The van der Waals surface area contributed by atoms with Crippen LogP contribution in [0.2, 0.25) is 0 Å². The van der Waals surface area contributed by atoms with Crippen molar-refractivity contribution < 1.29 is 22.8 Å². The van der Waals surface area contributed by atoms with Gasteiger partial charge in [0.15, 0.2) is 5.78 Å². The van der Waals surface area contributed by atoms with Gasteiger partial charge in [-0.25, -0.2) is 0 Å². The number of benzene rings is 3. The summed E-state index contributed by atoms with van der Waals surface area (Å²) in [5.74, 6) is -0.563. The van der Waals surface area contributed by atoms with Gasteiger partial charge >= 0.3 is 6.18 Å². The maximum absolute atomic E-state index is 13.3. The first-order chi connectivity index (χ1) is 15.3. The highest BCUT2D eigenvalue weighted by Crippen LogP contribution is 2.45. The van der Waals surface area contributed by atoms with Crippen molar-refractivity contribution in [3.8, 4) is 0 Å². The van der Waals surface area contributed by atoms with E-state index < -0.39 is 11.7 Å². The van der Waals surface area contributed by atoms with Gasteiger partial charge in [-0.2, -0.15) is 13.2 Å². The summed E-state index contributed by atoms with van der Waals surface area (Å²) in [4.78, 5) is 27.8. The number of halogens is 3. The first kappa shape index (κ1) is 20.5. The van der Waals surface area contributed by atoms with Crippen molar-refractivity contribution in [1.82, 2.24) is 0 Å². The van der Waals surface area contributed by atoms with Crippen molar-refractivity contribution in [2.24, 2.45) is 0 Å². The maximum atomic E-state index is 13.3. The lowest BCUT2D eigenvalue weighted by Gasteiger charge is -2.38. The number of allylic oxidation sites excluding steroid dienone is 2. The molecule has 0 spiro atoms. The number of carbonyl (C=O) groups excluding carboxylic acids is 2. The zero-order chi connectivity index (χ0) is 22.5. The van der Waals surface area contributed by atoms with Crippen LogP contribution in [0, 0.1) is 0 Å². The Labute approximate surface area is 183 Å². The largest absolute Gasteiger partial charge is 0.416 e. The summed E-state index contributed by atoms with van der Waals surface area (Å²) in [6.07, 6.45) is -2.79. The fourth-order valence-electron chi connectivity index (χ4n) is 4.91. The van der Waals surface area contributed by atoms with Crippen LogP contribution in [-0.4, -0.2) is 11.7 Å². The van der Waals surface area contributed by atoms with E-state index in [0.29, 0.717) is 36.2 Å². The van der Waals surface area contributed by atoms with Crippen LogP contribution >= 0.6 is 0 Å². The highest BCUT2D eigenvalue weighted by atomic mass is 19.4. The summed E-state index contributed by atoms with van der Waals surface area (Å²) < 4.78 is 39.0. The molecule has 1 amide bonds. The normalized spacial score (nSPS) is 19.5. The third kappa shape index (κ3) is 3.40.